The Hall–Kier alpha value is -0.900. The summed E-state index contributed by atoms with van der Waals surface area (Å²) in [6.07, 6.45) is 0.824. The molecule has 13 heavy (non-hydrogen) atoms. The second kappa shape index (κ2) is 4.37. The second-order valence-corrected chi connectivity index (χ2v) is 3.27. The van der Waals surface area contributed by atoms with E-state index in [-0.39, 0.29) is 5.92 Å². The smallest absolute Gasteiger partial charge is 0.231 e. The van der Waals surface area contributed by atoms with Crippen molar-refractivity contribution in [3.8, 4) is 0 Å². The van der Waals surface area contributed by atoms with Gasteiger partial charge in [0.1, 0.15) is 0 Å². The number of hydrogen-bond donors (Lipinski definition) is 1. The third-order valence-corrected chi connectivity index (χ3v) is 2.39. The summed E-state index contributed by atoms with van der Waals surface area (Å²) in [7, 11) is 1.93. The Kier molecular flexibility index (Phi) is 3.42. The van der Waals surface area contributed by atoms with Crippen LogP contribution in [0.15, 0.2) is 4.52 Å². The molecule has 0 saturated heterocycles. The van der Waals surface area contributed by atoms with Crippen LogP contribution in [-0.4, -0.2) is 23.2 Å². The van der Waals surface area contributed by atoms with Crippen molar-refractivity contribution in [3.63, 3.8) is 0 Å². The summed E-state index contributed by atoms with van der Waals surface area (Å²) < 4.78 is 5.14. The second-order valence-electron chi connectivity index (χ2n) is 3.27. The molecule has 0 fully saturated rings. The van der Waals surface area contributed by atoms with Crippen molar-refractivity contribution in [2.75, 3.05) is 7.05 Å². The monoisotopic (exact) mass is 183 g/mol. The van der Waals surface area contributed by atoms with Gasteiger partial charge in [0, 0.05) is 12.5 Å². The maximum atomic E-state index is 5.14. The Morgan fingerprint density at radius 1 is 1.46 bits per heavy atom. The highest BCUT2D eigenvalue weighted by Crippen LogP contribution is 2.16. The average Bonchev–Trinajstić information content (AvgIpc) is 2.63. The number of likely N-dealkylation sites (N-methyl/N-ethyl adjacent to an activating group) is 1. The molecule has 0 aromatic carbocycles. The largest absolute Gasteiger partial charge is 0.339 e. The van der Waals surface area contributed by atoms with Crippen LogP contribution in [0.2, 0.25) is 0 Å². The van der Waals surface area contributed by atoms with Gasteiger partial charge in [0.15, 0.2) is 5.82 Å². The van der Waals surface area contributed by atoms with E-state index in [2.05, 4.69) is 29.3 Å². The first-order chi connectivity index (χ1) is 6.19. The van der Waals surface area contributed by atoms with Gasteiger partial charge in [-0.1, -0.05) is 19.0 Å². The van der Waals surface area contributed by atoms with Gasteiger partial charge < -0.3 is 9.84 Å². The Labute approximate surface area is 78.7 Å². The summed E-state index contributed by atoms with van der Waals surface area (Å²) in [5.74, 6) is 1.77. The molecular weight excluding hydrogens is 166 g/mol. The maximum absolute atomic E-state index is 5.14. The first kappa shape index (κ1) is 10.2. The molecule has 0 aliphatic carbocycles. The van der Waals surface area contributed by atoms with Gasteiger partial charge in [0.2, 0.25) is 5.89 Å². The van der Waals surface area contributed by atoms with Gasteiger partial charge in [0.25, 0.3) is 0 Å². The summed E-state index contributed by atoms with van der Waals surface area (Å²) >= 11 is 0. The molecule has 1 aromatic rings. The molecule has 0 radical (unpaired) electrons. The molecule has 1 rings (SSSR count). The van der Waals surface area contributed by atoms with Crippen molar-refractivity contribution in [1.82, 2.24) is 15.5 Å². The fourth-order valence-electron chi connectivity index (χ4n) is 1.06. The van der Waals surface area contributed by atoms with E-state index in [0.29, 0.717) is 6.04 Å². The highest BCUT2D eigenvalue weighted by atomic mass is 16.5. The minimum Gasteiger partial charge on any atom is -0.339 e. The van der Waals surface area contributed by atoms with Crippen molar-refractivity contribution < 1.29 is 4.52 Å². The highest BCUT2D eigenvalue weighted by molar-refractivity contribution is 4.95. The van der Waals surface area contributed by atoms with Crippen molar-refractivity contribution in [1.29, 1.82) is 0 Å². The van der Waals surface area contributed by atoms with Gasteiger partial charge in [-0.05, 0) is 14.0 Å². The van der Waals surface area contributed by atoms with Crippen LogP contribution < -0.4 is 5.32 Å². The minimum absolute atomic E-state index is 0.262. The molecule has 0 aliphatic heterocycles. The van der Waals surface area contributed by atoms with E-state index in [4.69, 9.17) is 4.52 Å². The van der Waals surface area contributed by atoms with Gasteiger partial charge in [-0.25, -0.2) is 0 Å². The first-order valence-corrected chi connectivity index (χ1v) is 4.68. The zero-order valence-corrected chi connectivity index (χ0v) is 8.66. The van der Waals surface area contributed by atoms with E-state index in [1.165, 1.54) is 0 Å². The molecular formula is C9H17N3O. The van der Waals surface area contributed by atoms with E-state index < -0.39 is 0 Å². The van der Waals surface area contributed by atoms with Crippen LogP contribution >= 0.6 is 0 Å². The molecule has 0 spiro atoms. The van der Waals surface area contributed by atoms with Gasteiger partial charge >= 0.3 is 0 Å². The molecule has 0 saturated carbocycles. The molecule has 1 aromatic heterocycles. The van der Waals surface area contributed by atoms with E-state index >= 15 is 0 Å². The molecule has 4 heteroatoms. The third kappa shape index (κ3) is 2.28. The zero-order valence-electron chi connectivity index (χ0n) is 8.66. The Balaban J connectivity index is 2.70. The number of hydrogen-bond acceptors (Lipinski definition) is 4. The van der Waals surface area contributed by atoms with Crippen LogP contribution in [-0.2, 0) is 6.42 Å². The van der Waals surface area contributed by atoms with Crippen LogP contribution in [0.25, 0.3) is 0 Å². The molecule has 4 nitrogen and oxygen atoms in total. The van der Waals surface area contributed by atoms with Gasteiger partial charge in [-0.15, -0.1) is 0 Å². The van der Waals surface area contributed by atoms with Crippen LogP contribution in [0.4, 0.5) is 0 Å². The summed E-state index contributed by atoms with van der Waals surface area (Å²) in [5.41, 5.74) is 0. The number of nitrogens with zero attached hydrogens (tertiary/aromatic N) is 2. The topological polar surface area (TPSA) is 51.0 Å². The van der Waals surface area contributed by atoms with Crippen LogP contribution in [0.3, 0.4) is 0 Å². The SMILES string of the molecule is CCc1noc(C(C)C(C)NC)n1. The predicted molar refractivity (Wildman–Crippen MR) is 50.6 cm³/mol. The van der Waals surface area contributed by atoms with Crippen molar-refractivity contribution in [2.24, 2.45) is 0 Å². The molecule has 1 heterocycles. The number of aromatic nitrogens is 2. The van der Waals surface area contributed by atoms with Gasteiger partial charge in [0.05, 0.1) is 5.92 Å². The van der Waals surface area contributed by atoms with E-state index in [1.54, 1.807) is 0 Å². The lowest BCUT2D eigenvalue weighted by molar-refractivity contribution is 0.333. The van der Waals surface area contributed by atoms with Gasteiger partial charge in [-0.3, -0.25) is 0 Å². The average molecular weight is 183 g/mol. The van der Waals surface area contributed by atoms with Crippen LogP contribution in [0.1, 0.15) is 38.4 Å². The Morgan fingerprint density at radius 2 is 2.15 bits per heavy atom. The number of nitrogens with one attached hydrogen (secondary N) is 1. The van der Waals surface area contributed by atoms with Crippen LogP contribution in [0, 0.1) is 0 Å². The Morgan fingerprint density at radius 3 is 2.62 bits per heavy atom. The normalized spacial score (nSPS) is 15.7. The Bertz CT molecular complexity index is 259. The van der Waals surface area contributed by atoms with Crippen LogP contribution in [0.5, 0.6) is 0 Å². The predicted octanol–water partition coefficient (Wildman–Crippen LogP) is 1.34. The summed E-state index contributed by atoms with van der Waals surface area (Å²) in [4.78, 5) is 4.28. The van der Waals surface area contributed by atoms with E-state index in [0.717, 1.165) is 18.1 Å². The maximum Gasteiger partial charge on any atom is 0.231 e. The zero-order chi connectivity index (χ0) is 9.84. The summed E-state index contributed by atoms with van der Waals surface area (Å²) in [6, 6.07) is 0.352. The van der Waals surface area contributed by atoms with Crippen molar-refractivity contribution in [3.05, 3.63) is 11.7 Å². The van der Waals surface area contributed by atoms with E-state index in [9.17, 15) is 0 Å². The number of rotatable bonds is 4. The molecule has 0 amide bonds. The lowest BCUT2D eigenvalue weighted by Crippen LogP contribution is -2.27. The molecule has 0 bridgehead atoms. The number of aryl methyl sites for hydroxylation is 1. The van der Waals surface area contributed by atoms with Gasteiger partial charge in [-0.2, -0.15) is 4.98 Å². The van der Waals surface area contributed by atoms with E-state index in [1.807, 2.05) is 14.0 Å². The summed E-state index contributed by atoms with van der Waals surface area (Å²) in [5, 5.41) is 7.02. The molecule has 1 N–H and O–H groups in total. The molecule has 74 valence electrons. The quantitative estimate of drug-likeness (QED) is 0.765. The molecule has 2 atom stereocenters. The lowest BCUT2D eigenvalue weighted by atomic mass is 10.0. The standard InChI is InChI=1S/C9H17N3O/c1-5-8-11-9(13-12-8)6(2)7(3)10-4/h6-7,10H,5H2,1-4H3. The highest BCUT2D eigenvalue weighted by Gasteiger charge is 2.18. The fourth-order valence-corrected chi connectivity index (χ4v) is 1.06. The van der Waals surface area contributed by atoms with Crippen molar-refractivity contribution >= 4 is 0 Å². The minimum atomic E-state index is 0.262. The molecule has 0 aliphatic rings. The first-order valence-electron chi connectivity index (χ1n) is 4.68. The summed E-state index contributed by atoms with van der Waals surface area (Å²) in [6.45, 7) is 6.19. The molecule has 2 unspecified atom stereocenters. The van der Waals surface area contributed by atoms with Crippen molar-refractivity contribution in [2.45, 2.75) is 39.2 Å². The third-order valence-electron chi connectivity index (χ3n) is 2.39. The lowest BCUT2D eigenvalue weighted by Gasteiger charge is -2.14. The fraction of sp³-hybridized carbons (Fsp3) is 0.778.